The molecule has 1 radical (unpaired) electrons. The molecule has 0 bridgehead atoms. The van der Waals surface area contributed by atoms with Crippen LogP contribution in [0.2, 0.25) is 0 Å². The van der Waals surface area contributed by atoms with Gasteiger partial charge in [-0.25, -0.2) is 0 Å². The van der Waals surface area contributed by atoms with E-state index in [1.165, 1.54) is 0 Å². The van der Waals surface area contributed by atoms with Crippen LogP contribution in [0.4, 0.5) is 0 Å². The maximum atomic E-state index is 7.81. The maximum absolute atomic E-state index is 7.81. The zero-order valence-electron chi connectivity index (χ0n) is 1.01. The van der Waals surface area contributed by atoms with Crippen molar-refractivity contribution < 1.29 is 36.8 Å². The fourth-order valence-electron chi connectivity index (χ4n) is 0. The van der Waals surface area contributed by atoms with Crippen LogP contribution >= 0.6 is 0 Å². The molecule has 0 amide bonds. The van der Waals surface area contributed by atoms with Crippen molar-refractivity contribution in [3.63, 3.8) is 0 Å². The van der Waals surface area contributed by atoms with Crippen molar-refractivity contribution >= 4 is 0 Å². The summed E-state index contributed by atoms with van der Waals surface area (Å²) in [6.45, 7) is 0. The van der Waals surface area contributed by atoms with Gasteiger partial charge in [-0.1, -0.05) is 7.43 Å². The third-order valence-electron chi connectivity index (χ3n) is 0. The number of hydrogen-bond donors (Lipinski definition) is 0. The molecule has 0 rings (SSSR count). The van der Waals surface area contributed by atoms with E-state index in [9.17, 15) is 0 Å². The molecule has 0 spiro atoms. The van der Waals surface area contributed by atoms with Crippen molar-refractivity contribution in [2.75, 3.05) is 0 Å². The second-order valence-corrected chi connectivity index (χ2v) is 0. The quantitative estimate of drug-likeness (QED) is 0.471. The summed E-state index contributed by atoms with van der Waals surface area (Å²) >= 11 is 2.94. The minimum absolute atomic E-state index is 0. The molecule has 0 atom stereocenters. The van der Waals surface area contributed by atoms with Gasteiger partial charge in [0.2, 0.25) is 0 Å². The van der Waals surface area contributed by atoms with Crippen molar-refractivity contribution in [1.82, 2.24) is 0 Å². The molecule has 0 saturated carbocycles. The average molecular weight is 159 g/mol. The Kier molecular flexibility index (Phi) is 232. The van der Waals surface area contributed by atoms with Gasteiger partial charge in [0.05, 0.1) is 0 Å². The van der Waals surface area contributed by atoms with E-state index in [-0.39, 0.29) is 24.5 Å². The summed E-state index contributed by atoms with van der Waals surface area (Å²) in [7, 11) is 0. The van der Waals surface area contributed by atoms with Crippen molar-refractivity contribution in [1.29, 1.82) is 0 Å². The summed E-state index contributed by atoms with van der Waals surface area (Å²) in [5.74, 6) is 0. The van der Waals surface area contributed by atoms with Crippen molar-refractivity contribution in [3.8, 4) is 0 Å². The first kappa shape index (κ1) is 21.1. The monoisotopic (exact) mass is 158 g/mol. The Hall–Kier alpha value is 0.839. The van der Waals surface area contributed by atoms with E-state index in [2.05, 4.69) is 15.9 Å². The van der Waals surface area contributed by atoms with Gasteiger partial charge in [0.25, 0.3) is 0 Å². The van der Waals surface area contributed by atoms with E-state index < -0.39 is 0 Å². The van der Waals surface area contributed by atoms with Crippen LogP contribution in [0.15, 0.2) is 0 Å². The Bertz CT molecular complexity index is 6.00. The van der Waals surface area contributed by atoms with E-state index in [1.54, 1.807) is 0 Å². The molecule has 0 unspecified atom stereocenters. The van der Waals surface area contributed by atoms with Crippen LogP contribution in [0.5, 0.6) is 0 Å². The van der Waals surface area contributed by atoms with E-state index in [0.29, 0.717) is 0 Å². The summed E-state index contributed by atoms with van der Waals surface area (Å²) in [6, 6.07) is 0. The summed E-state index contributed by atoms with van der Waals surface area (Å²) < 4.78 is 7.81. The fraction of sp³-hybridized carbons (Fsp3) is 1.00. The van der Waals surface area contributed by atoms with Crippen LogP contribution in [-0.4, -0.2) is 0 Å². The van der Waals surface area contributed by atoms with E-state index >= 15 is 0 Å². The summed E-state index contributed by atoms with van der Waals surface area (Å²) in [5, 5.41) is 0. The third-order valence-corrected chi connectivity index (χ3v) is 0. The van der Waals surface area contributed by atoms with Crippen LogP contribution < -0.4 is 0 Å². The zero-order valence-corrected chi connectivity index (χ0v) is 2.89. The predicted molar refractivity (Wildman–Crippen MR) is 7.42 cm³/mol. The SMILES string of the molecule is C.[Cu].[O]=[Cu]. The summed E-state index contributed by atoms with van der Waals surface area (Å²) in [5.41, 5.74) is 0. The Labute approximate surface area is 44.6 Å². The van der Waals surface area contributed by atoms with Crippen LogP contribution in [0, 0.1) is 0 Å². The molecule has 0 heterocycles. The second kappa shape index (κ2) is 44.0. The Morgan fingerprint density at radius 2 is 1.25 bits per heavy atom. The van der Waals surface area contributed by atoms with Crippen molar-refractivity contribution in [3.05, 3.63) is 0 Å². The molecule has 0 saturated heterocycles. The first-order valence-electron chi connectivity index (χ1n) is 0.123. The topological polar surface area (TPSA) is 17.1 Å². The Balaban J connectivity index is -0.00000000500. The Morgan fingerprint density at radius 3 is 1.25 bits per heavy atom. The fourth-order valence-corrected chi connectivity index (χ4v) is 0. The van der Waals surface area contributed by atoms with Crippen LogP contribution in [0.25, 0.3) is 0 Å². The van der Waals surface area contributed by atoms with Gasteiger partial charge in [-0.05, 0) is 0 Å². The van der Waals surface area contributed by atoms with Crippen molar-refractivity contribution in [2.45, 2.75) is 7.43 Å². The van der Waals surface area contributed by atoms with Crippen LogP contribution in [0.3, 0.4) is 0 Å². The molecule has 0 aliphatic carbocycles. The molecular formula is CH4Cu2O. The molecule has 0 aliphatic heterocycles. The van der Waals surface area contributed by atoms with Gasteiger partial charge >= 0.3 is 19.8 Å². The van der Waals surface area contributed by atoms with Gasteiger partial charge in [0, 0.05) is 17.1 Å². The van der Waals surface area contributed by atoms with Gasteiger partial charge in [0.15, 0.2) is 0 Å². The second-order valence-electron chi connectivity index (χ2n) is 0. The number of hydrogen-bond acceptors (Lipinski definition) is 1. The molecular weight excluding hydrogens is 155 g/mol. The molecule has 4 heavy (non-hydrogen) atoms. The molecule has 36 valence electrons. The molecule has 0 N–H and O–H groups in total. The van der Waals surface area contributed by atoms with Crippen LogP contribution in [-0.2, 0) is 36.8 Å². The minimum atomic E-state index is 0. The zero-order chi connectivity index (χ0) is 2.00. The third kappa shape index (κ3) is 13.6. The van der Waals surface area contributed by atoms with Gasteiger partial charge in [-0.3, -0.25) is 0 Å². The molecule has 1 nitrogen and oxygen atoms in total. The normalized spacial score (nSPS) is 1.50. The van der Waals surface area contributed by atoms with E-state index in [0.717, 1.165) is 0 Å². The number of rotatable bonds is 0. The molecule has 0 aromatic heterocycles. The van der Waals surface area contributed by atoms with Crippen molar-refractivity contribution in [2.24, 2.45) is 0 Å². The summed E-state index contributed by atoms with van der Waals surface area (Å²) in [6.07, 6.45) is 0. The van der Waals surface area contributed by atoms with Gasteiger partial charge in [-0.2, -0.15) is 0 Å². The first-order chi connectivity index (χ1) is 1.00. The van der Waals surface area contributed by atoms with Crippen LogP contribution in [0.1, 0.15) is 7.43 Å². The van der Waals surface area contributed by atoms with Gasteiger partial charge in [0.1, 0.15) is 0 Å². The molecule has 0 aromatic carbocycles. The Morgan fingerprint density at radius 1 is 1.25 bits per heavy atom. The van der Waals surface area contributed by atoms with E-state index in [1.807, 2.05) is 0 Å². The molecule has 0 aromatic rings. The average Bonchev–Trinajstić information content (AvgIpc) is 1.00. The van der Waals surface area contributed by atoms with Gasteiger partial charge < -0.3 is 0 Å². The summed E-state index contributed by atoms with van der Waals surface area (Å²) in [4.78, 5) is 0. The molecule has 3 heteroatoms. The molecule has 0 fully saturated rings. The van der Waals surface area contributed by atoms with E-state index in [4.69, 9.17) is 3.83 Å². The molecule has 0 aliphatic rings. The predicted octanol–water partition coefficient (Wildman–Crippen LogP) is 0.512. The first-order valence-corrected chi connectivity index (χ1v) is 0.508. The standard InChI is InChI=1S/CH4.2Cu.O/h1H4;;;. The van der Waals surface area contributed by atoms with Gasteiger partial charge in [-0.15, -0.1) is 0 Å².